The Labute approximate surface area is 141 Å². The van der Waals surface area contributed by atoms with Gasteiger partial charge >= 0.3 is 0 Å². The summed E-state index contributed by atoms with van der Waals surface area (Å²) in [5.74, 6) is 0.295. The number of rotatable bonds is 5. The SMILES string of the molecule is Cc1ccc(C)c(Nc2ncc(C(=O)NCC3CCCO3)cn2)c1. The fourth-order valence-electron chi connectivity index (χ4n) is 2.61. The molecule has 1 aliphatic rings. The van der Waals surface area contributed by atoms with Crippen LogP contribution in [0.1, 0.15) is 34.3 Å². The molecule has 24 heavy (non-hydrogen) atoms. The zero-order valence-electron chi connectivity index (χ0n) is 14.0. The van der Waals surface area contributed by atoms with E-state index in [-0.39, 0.29) is 12.0 Å². The highest BCUT2D eigenvalue weighted by atomic mass is 16.5. The van der Waals surface area contributed by atoms with Crippen molar-refractivity contribution >= 4 is 17.5 Å². The van der Waals surface area contributed by atoms with E-state index in [0.717, 1.165) is 36.3 Å². The van der Waals surface area contributed by atoms with E-state index in [2.05, 4.69) is 26.7 Å². The summed E-state index contributed by atoms with van der Waals surface area (Å²) in [6, 6.07) is 6.15. The topological polar surface area (TPSA) is 76.1 Å². The van der Waals surface area contributed by atoms with Crippen molar-refractivity contribution in [3.8, 4) is 0 Å². The number of aromatic nitrogens is 2. The molecule has 0 radical (unpaired) electrons. The van der Waals surface area contributed by atoms with E-state index in [1.807, 2.05) is 26.0 Å². The first kappa shape index (κ1) is 16.4. The summed E-state index contributed by atoms with van der Waals surface area (Å²) >= 11 is 0. The molecule has 1 aromatic heterocycles. The normalized spacial score (nSPS) is 16.8. The van der Waals surface area contributed by atoms with Gasteiger partial charge in [0.2, 0.25) is 5.95 Å². The smallest absolute Gasteiger partial charge is 0.254 e. The molecule has 6 nitrogen and oxygen atoms in total. The van der Waals surface area contributed by atoms with Gasteiger partial charge in [0.05, 0.1) is 11.7 Å². The van der Waals surface area contributed by atoms with E-state index in [9.17, 15) is 4.79 Å². The number of nitrogens with one attached hydrogen (secondary N) is 2. The molecule has 2 N–H and O–H groups in total. The molecule has 0 saturated carbocycles. The number of carbonyl (C=O) groups excluding carboxylic acids is 1. The lowest BCUT2D eigenvalue weighted by atomic mass is 10.1. The number of aryl methyl sites for hydroxylation is 2. The van der Waals surface area contributed by atoms with Gasteiger partial charge in [-0.15, -0.1) is 0 Å². The predicted octanol–water partition coefficient (Wildman–Crippen LogP) is 2.75. The second-order valence-corrected chi connectivity index (χ2v) is 6.08. The van der Waals surface area contributed by atoms with Gasteiger partial charge in [-0.2, -0.15) is 0 Å². The average molecular weight is 326 g/mol. The summed E-state index contributed by atoms with van der Waals surface area (Å²) < 4.78 is 5.49. The van der Waals surface area contributed by atoms with Crippen LogP contribution in [0, 0.1) is 13.8 Å². The Kier molecular flexibility index (Phi) is 5.05. The molecular formula is C18H22N4O2. The van der Waals surface area contributed by atoms with E-state index in [0.29, 0.717) is 18.1 Å². The van der Waals surface area contributed by atoms with Gasteiger partial charge in [0.15, 0.2) is 0 Å². The number of anilines is 2. The highest BCUT2D eigenvalue weighted by molar-refractivity contribution is 5.93. The van der Waals surface area contributed by atoms with E-state index >= 15 is 0 Å². The summed E-state index contributed by atoms with van der Waals surface area (Å²) in [7, 11) is 0. The van der Waals surface area contributed by atoms with Gasteiger partial charge in [-0.1, -0.05) is 12.1 Å². The Balaban J connectivity index is 1.60. The van der Waals surface area contributed by atoms with Crippen molar-refractivity contribution in [2.75, 3.05) is 18.5 Å². The first-order valence-corrected chi connectivity index (χ1v) is 8.18. The van der Waals surface area contributed by atoms with E-state index < -0.39 is 0 Å². The molecule has 126 valence electrons. The number of nitrogens with zero attached hydrogens (tertiary/aromatic N) is 2. The lowest BCUT2D eigenvalue weighted by Gasteiger charge is -2.11. The lowest BCUT2D eigenvalue weighted by Crippen LogP contribution is -2.31. The molecule has 2 aromatic rings. The van der Waals surface area contributed by atoms with Crippen LogP contribution in [0.4, 0.5) is 11.6 Å². The maximum absolute atomic E-state index is 12.1. The van der Waals surface area contributed by atoms with Gasteiger partial charge < -0.3 is 15.4 Å². The average Bonchev–Trinajstić information content (AvgIpc) is 3.10. The van der Waals surface area contributed by atoms with Crippen molar-refractivity contribution in [3.05, 3.63) is 47.3 Å². The summed E-state index contributed by atoms with van der Waals surface area (Å²) in [6.07, 6.45) is 5.24. The Hall–Kier alpha value is -2.47. The number of ether oxygens (including phenoxy) is 1. The zero-order chi connectivity index (χ0) is 16.9. The van der Waals surface area contributed by atoms with Gasteiger partial charge in [-0.05, 0) is 43.9 Å². The first-order valence-electron chi connectivity index (χ1n) is 8.18. The lowest BCUT2D eigenvalue weighted by molar-refractivity contribution is 0.0857. The Morgan fingerprint density at radius 2 is 2.08 bits per heavy atom. The van der Waals surface area contributed by atoms with Crippen LogP contribution in [0.3, 0.4) is 0 Å². The van der Waals surface area contributed by atoms with Crippen LogP contribution < -0.4 is 10.6 Å². The number of hydrogen-bond donors (Lipinski definition) is 2. The van der Waals surface area contributed by atoms with Crippen LogP contribution in [0.5, 0.6) is 0 Å². The monoisotopic (exact) mass is 326 g/mol. The van der Waals surface area contributed by atoms with Crippen LogP contribution in [-0.4, -0.2) is 35.1 Å². The van der Waals surface area contributed by atoms with Crippen LogP contribution in [0.2, 0.25) is 0 Å². The zero-order valence-corrected chi connectivity index (χ0v) is 14.0. The maximum atomic E-state index is 12.1. The van der Waals surface area contributed by atoms with Crippen LogP contribution in [-0.2, 0) is 4.74 Å². The van der Waals surface area contributed by atoms with E-state index in [1.165, 1.54) is 12.4 Å². The summed E-state index contributed by atoms with van der Waals surface area (Å²) in [6.45, 7) is 5.37. The minimum atomic E-state index is -0.177. The second-order valence-electron chi connectivity index (χ2n) is 6.08. The molecular weight excluding hydrogens is 304 g/mol. The van der Waals surface area contributed by atoms with Crippen molar-refractivity contribution in [2.24, 2.45) is 0 Å². The molecule has 6 heteroatoms. The van der Waals surface area contributed by atoms with Crippen molar-refractivity contribution in [2.45, 2.75) is 32.8 Å². The molecule has 0 aliphatic carbocycles. The molecule has 1 atom stereocenters. The molecule has 2 heterocycles. The van der Waals surface area contributed by atoms with Crippen LogP contribution in [0.25, 0.3) is 0 Å². The molecule has 1 aromatic carbocycles. The van der Waals surface area contributed by atoms with Crippen molar-refractivity contribution in [3.63, 3.8) is 0 Å². The highest BCUT2D eigenvalue weighted by Crippen LogP contribution is 2.19. The predicted molar refractivity (Wildman–Crippen MR) is 92.5 cm³/mol. The third-order valence-corrected chi connectivity index (χ3v) is 4.07. The number of amides is 1. The molecule has 1 saturated heterocycles. The molecule has 0 bridgehead atoms. The number of carbonyl (C=O) groups is 1. The largest absolute Gasteiger partial charge is 0.376 e. The minimum absolute atomic E-state index is 0.125. The second kappa shape index (κ2) is 7.40. The maximum Gasteiger partial charge on any atom is 0.254 e. The number of benzene rings is 1. The molecule has 3 rings (SSSR count). The summed E-state index contributed by atoms with van der Waals surface area (Å²) in [5, 5.41) is 6.04. The van der Waals surface area contributed by atoms with E-state index in [4.69, 9.17) is 4.74 Å². The number of hydrogen-bond acceptors (Lipinski definition) is 5. The van der Waals surface area contributed by atoms with Gasteiger partial charge in [-0.25, -0.2) is 9.97 Å². The van der Waals surface area contributed by atoms with Crippen molar-refractivity contribution in [1.82, 2.24) is 15.3 Å². The first-order chi connectivity index (χ1) is 11.6. The molecule has 1 aliphatic heterocycles. The van der Waals surface area contributed by atoms with Gasteiger partial charge in [0.25, 0.3) is 5.91 Å². The Morgan fingerprint density at radius 3 is 2.79 bits per heavy atom. The minimum Gasteiger partial charge on any atom is -0.376 e. The Morgan fingerprint density at radius 1 is 1.29 bits per heavy atom. The molecule has 1 unspecified atom stereocenters. The quantitative estimate of drug-likeness (QED) is 0.883. The molecule has 1 amide bonds. The standard InChI is InChI=1S/C18H22N4O2/c1-12-5-6-13(2)16(8-12)22-18-20-9-14(10-21-18)17(23)19-11-15-4-3-7-24-15/h5-6,8-10,15H,3-4,7,11H2,1-2H3,(H,19,23)(H,20,21,22). The molecule has 0 spiro atoms. The Bertz CT molecular complexity index is 709. The van der Waals surface area contributed by atoms with Gasteiger partial charge in [0, 0.05) is 31.2 Å². The molecule has 1 fully saturated rings. The van der Waals surface area contributed by atoms with Crippen LogP contribution >= 0.6 is 0 Å². The highest BCUT2D eigenvalue weighted by Gasteiger charge is 2.17. The fourth-order valence-corrected chi connectivity index (χ4v) is 2.61. The van der Waals surface area contributed by atoms with E-state index in [1.54, 1.807) is 0 Å². The third kappa shape index (κ3) is 4.08. The van der Waals surface area contributed by atoms with Crippen LogP contribution in [0.15, 0.2) is 30.6 Å². The fraction of sp³-hybridized carbons (Fsp3) is 0.389. The summed E-state index contributed by atoms with van der Waals surface area (Å²) in [4.78, 5) is 20.6. The summed E-state index contributed by atoms with van der Waals surface area (Å²) in [5.41, 5.74) is 3.68. The third-order valence-electron chi connectivity index (χ3n) is 4.07. The van der Waals surface area contributed by atoms with Gasteiger partial charge in [0.1, 0.15) is 0 Å². The van der Waals surface area contributed by atoms with Crippen molar-refractivity contribution in [1.29, 1.82) is 0 Å². The van der Waals surface area contributed by atoms with Crippen molar-refractivity contribution < 1.29 is 9.53 Å². The van der Waals surface area contributed by atoms with Gasteiger partial charge in [-0.3, -0.25) is 4.79 Å².